The van der Waals surface area contributed by atoms with Gasteiger partial charge in [0.05, 0.1) is 6.04 Å². The van der Waals surface area contributed by atoms with Gasteiger partial charge in [-0.15, -0.1) is 10.2 Å². The van der Waals surface area contributed by atoms with Crippen molar-refractivity contribution in [2.75, 3.05) is 6.54 Å². The van der Waals surface area contributed by atoms with Crippen molar-refractivity contribution >= 4 is 0 Å². The van der Waals surface area contributed by atoms with Crippen LogP contribution in [0.15, 0.2) is 37.1 Å². The lowest BCUT2D eigenvalue weighted by molar-refractivity contribution is 0.144. The van der Waals surface area contributed by atoms with Crippen LogP contribution < -0.4 is 0 Å². The van der Waals surface area contributed by atoms with Gasteiger partial charge in [0.1, 0.15) is 12.7 Å². The van der Waals surface area contributed by atoms with Crippen molar-refractivity contribution in [3.8, 4) is 0 Å². The first-order valence-electron chi connectivity index (χ1n) is 8.61. The number of aryl methyl sites for hydroxylation is 1. The minimum Gasteiger partial charge on any atom is -0.349 e. The normalized spacial score (nSPS) is 18.0. The molecular formula is C18H24N6. The van der Waals surface area contributed by atoms with Gasteiger partial charge in [-0.3, -0.25) is 9.58 Å². The van der Waals surface area contributed by atoms with Gasteiger partial charge < -0.3 is 4.57 Å². The maximum Gasteiger partial charge on any atom is 0.139 e. The van der Waals surface area contributed by atoms with Crippen LogP contribution >= 0.6 is 0 Å². The fraction of sp³-hybridized carbons (Fsp3) is 0.444. The summed E-state index contributed by atoms with van der Waals surface area (Å²) in [6, 6.07) is 7.21. The molecule has 6 nitrogen and oxygen atoms in total. The molecule has 0 aliphatic carbocycles. The molecule has 4 rings (SSSR count). The highest BCUT2D eigenvalue weighted by Gasteiger charge is 2.26. The van der Waals surface area contributed by atoms with Crippen LogP contribution in [0, 0.1) is 13.8 Å². The predicted octanol–water partition coefficient (Wildman–Crippen LogP) is 2.78. The molecule has 0 saturated carbocycles. The Kier molecular flexibility index (Phi) is 3.76. The molecule has 0 spiro atoms. The Bertz CT molecular complexity index is 826. The molecular weight excluding hydrogens is 300 g/mol. The van der Waals surface area contributed by atoms with Gasteiger partial charge in [-0.05, 0) is 44.0 Å². The smallest absolute Gasteiger partial charge is 0.139 e. The van der Waals surface area contributed by atoms with Crippen LogP contribution in [0.1, 0.15) is 42.0 Å². The molecule has 0 N–H and O–H groups in total. The van der Waals surface area contributed by atoms with E-state index in [9.17, 15) is 0 Å². The van der Waals surface area contributed by atoms with Gasteiger partial charge in [-0.2, -0.15) is 0 Å². The summed E-state index contributed by atoms with van der Waals surface area (Å²) in [4.78, 5) is 2.60. The van der Waals surface area contributed by atoms with E-state index in [0.29, 0.717) is 6.04 Å². The second-order valence-corrected chi connectivity index (χ2v) is 6.57. The first-order valence-corrected chi connectivity index (χ1v) is 8.61. The maximum atomic E-state index is 3.93. The molecule has 4 heterocycles. The standard InChI is InChI=1S/C18H24N6/c1-4-17-18-6-5-7-21(18)8-9-22(17)11-16-10-14(2)24(15(16)3)23-12-19-20-13-23/h5-7,10,12-13,17H,4,8-9,11H2,1-3H3. The van der Waals surface area contributed by atoms with Gasteiger partial charge in [-0.1, -0.05) is 6.92 Å². The molecule has 24 heavy (non-hydrogen) atoms. The highest BCUT2D eigenvalue weighted by atomic mass is 15.5. The minimum absolute atomic E-state index is 0.492. The molecule has 0 saturated heterocycles. The zero-order chi connectivity index (χ0) is 16.7. The average molecular weight is 324 g/mol. The summed E-state index contributed by atoms with van der Waals surface area (Å²) in [5.41, 5.74) is 5.27. The van der Waals surface area contributed by atoms with Crippen molar-refractivity contribution in [3.05, 3.63) is 59.7 Å². The topological polar surface area (TPSA) is 43.8 Å². The first kappa shape index (κ1) is 15.2. The number of hydrogen-bond acceptors (Lipinski definition) is 3. The molecule has 6 heteroatoms. The summed E-state index contributed by atoms with van der Waals surface area (Å²) in [7, 11) is 0. The number of rotatable bonds is 4. The summed E-state index contributed by atoms with van der Waals surface area (Å²) in [5, 5.41) is 7.86. The van der Waals surface area contributed by atoms with Gasteiger partial charge in [0.25, 0.3) is 0 Å². The second-order valence-electron chi connectivity index (χ2n) is 6.57. The Balaban J connectivity index is 1.63. The molecule has 0 radical (unpaired) electrons. The van der Waals surface area contributed by atoms with Gasteiger partial charge in [0.15, 0.2) is 0 Å². The number of nitrogens with zero attached hydrogens (tertiary/aromatic N) is 6. The quantitative estimate of drug-likeness (QED) is 0.741. The summed E-state index contributed by atoms with van der Waals surface area (Å²) >= 11 is 0. The van der Waals surface area contributed by atoms with Crippen molar-refractivity contribution in [3.63, 3.8) is 0 Å². The third kappa shape index (κ3) is 2.38. The lowest BCUT2D eigenvalue weighted by Crippen LogP contribution is -2.37. The predicted molar refractivity (Wildman–Crippen MR) is 92.6 cm³/mol. The van der Waals surface area contributed by atoms with E-state index in [0.717, 1.165) is 26.1 Å². The van der Waals surface area contributed by atoms with E-state index in [2.05, 4.69) is 69.5 Å². The fourth-order valence-corrected chi connectivity index (χ4v) is 4.02. The van der Waals surface area contributed by atoms with Gasteiger partial charge in [-0.25, -0.2) is 4.68 Å². The molecule has 1 aliphatic heterocycles. The highest BCUT2D eigenvalue weighted by Crippen LogP contribution is 2.31. The summed E-state index contributed by atoms with van der Waals surface area (Å²) in [6.45, 7) is 9.73. The number of aromatic nitrogens is 5. The van der Waals surface area contributed by atoms with E-state index in [1.165, 1.54) is 22.6 Å². The summed E-state index contributed by atoms with van der Waals surface area (Å²) < 4.78 is 6.50. The monoisotopic (exact) mass is 324 g/mol. The van der Waals surface area contributed by atoms with E-state index in [4.69, 9.17) is 0 Å². The average Bonchev–Trinajstić information content (AvgIpc) is 3.29. The van der Waals surface area contributed by atoms with E-state index in [1.807, 2.05) is 4.68 Å². The van der Waals surface area contributed by atoms with Crippen molar-refractivity contribution in [1.82, 2.24) is 29.0 Å². The van der Waals surface area contributed by atoms with E-state index < -0.39 is 0 Å². The Morgan fingerprint density at radius 3 is 2.71 bits per heavy atom. The minimum atomic E-state index is 0.492. The third-order valence-electron chi connectivity index (χ3n) is 5.17. The zero-order valence-electron chi connectivity index (χ0n) is 14.6. The summed E-state index contributed by atoms with van der Waals surface area (Å²) in [6.07, 6.45) is 6.82. The van der Waals surface area contributed by atoms with E-state index >= 15 is 0 Å². The Labute approximate surface area is 142 Å². The highest BCUT2D eigenvalue weighted by molar-refractivity contribution is 5.27. The van der Waals surface area contributed by atoms with E-state index in [1.54, 1.807) is 12.7 Å². The van der Waals surface area contributed by atoms with Gasteiger partial charge in [0, 0.05) is 42.9 Å². The Hall–Kier alpha value is -2.34. The Morgan fingerprint density at radius 2 is 1.96 bits per heavy atom. The summed E-state index contributed by atoms with van der Waals surface area (Å²) in [5.74, 6) is 0. The molecule has 0 aromatic carbocycles. The fourth-order valence-electron chi connectivity index (χ4n) is 4.02. The molecule has 0 bridgehead atoms. The van der Waals surface area contributed by atoms with Crippen LogP contribution in [0.4, 0.5) is 0 Å². The maximum absolute atomic E-state index is 3.93. The SMILES string of the molecule is CCC1c2cccn2CCN1Cc1cc(C)n(-n2cnnc2)c1C. The van der Waals surface area contributed by atoms with Gasteiger partial charge >= 0.3 is 0 Å². The molecule has 0 fully saturated rings. The molecule has 3 aromatic rings. The molecule has 1 aliphatic rings. The van der Waals surface area contributed by atoms with Crippen LogP contribution in [0.2, 0.25) is 0 Å². The van der Waals surface area contributed by atoms with Crippen LogP contribution in [0.3, 0.4) is 0 Å². The molecule has 3 aromatic heterocycles. The van der Waals surface area contributed by atoms with Crippen molar-refractivity contribution < 1.29 is 0 Å². The number of hydrogen-bond donors (Lipinski definition) is 0. The third-order valence-corrected chi connectivity index (χ3v) is 5.17. The molecule has 1 unspecified atom stereocenters. The van der Waals surface area contributed by atoms with Crippen LogP contribution in [-0.4, -0.2) is 35.6 Å². The van der Waals surface area contributed by atoms with Gasteiger partial charge in [0.2, 0.25) is 0 Å². The van der Waals surface area contributed by atoms with Crippen molar-refractivity contribution in [2.24, 2.45) is 0 Å². The molecule has 0 amide bonds. The van der Waals surface area contributed by atoms with E-state index in [-0.39, 0.29) is 0 Å². The molecule has 1 atom stereocenters. The van der Waals surface area contributed by atoms with Crippen molar-refractivity contribution in [2.45, 2.75) is 46.3 Å². The molecule has 126 valence electrons. The largest absolute Gasteiger partial charge is 0.349 e. The number of fused-ring (bicyclic) bond motifs is 1. The Morgan fingerprint density at radius 1 is 1.17 bits per heavy atom. The van der Waals surface area contributed by atoms with Crippen molar-refractivity contribution in [1.29, 1.82) is 0 Å². The van der Waals surface area contributed by atoms with Crippen LogP contribution in [-0.2, 0) is 13.1 Å². The first-order chi connectivity index (χ1) is 11.7. The van der Waals surface area contributed by atoms with Crippen LogP contribution in [0.25, 0.3) is 0 Å². The second kappa shape index (κ2) is 5.94. The van der Waals surface area contributed by atoms with Crippen LogP contribution in [0.5, 0.6) is 0 Å². The lowest BCUT2D eigenvalue weighted by atomic mass is 10.1. The lowest BCUT2D eigenvalue weighted by Gasteiger charge is -2.36. The zero-order valence-corrected chi connectivity index (χ0v) is 14.6.